The molecule has 0 spiro atoms. The lowest BCUT2D eigenvalue weighted by molar-refractivity contribution is 0.355. The van der Waals surface area contributed by atoms with Crippen molar-refractivity contribution in [2.24, 2.45) is 5.92 Å². The number of fused-ring (bicyclic) bond motifs is 1. The first kappa shape index (κ1) is 12.2. The molecular formula is C14H21N3S. The quantitative estimate of drug-likeness (QED) is 0.859. The van der Waals surface area contributed by atoms with Gasteiger partial charge in [0.15, 0.2) is 4.96 Å². The molecule has 2 aromatic rings. The molecule has 3 rings (SSSR count). The van der Waals surface area contributed by atoms with E-state index in [1.807, 2.05) is 0 Å². The molecule has 0 bridgehead atoms. The average Bonchev–Trinajstić information content (AvgIpc) is 2.86. The van der Waals surface area contributed by atoms with Crippen LogP contribution in [0, 0.1) is 5.92 Å². The highest BCUT2D eigenvalue weighted by atomic mass is 32.1. The van der Waals surface area contributed by atoms with Crippen molar-refractivity contribution in [3.8, 4) is 0 Å². The Morgan fingerprint density at radius 1 is 1.39 bits per heavy atom. The smallest absolute Gasteiger partial charge is 0.193 e. The molecule has 2 aromatic heterocycles. The third kappa shape index (κ3) is 2.59. The molecule has 2 atom stereocenters. The number of imidazole rings is 1. The van der Waals surface area contributed by atoms with Gasteiger partial charge in [-0.15, -0.1) is 11.3 Å². The number of thiazole rings is 1. The second-order valence-electron chi connectivity index (χ2n) is 5.43. The Morgan fingerprint density at radius 3 is 3.17 bits per heavy atom. The molecule has 0 amide bonds. The first-order valence-electron chi connectivity index (χ1n) is 6.97. The lowest BCUT2D eigenvalue weighted by Gasteiger charge is -2.22. The third-order valence-corrected chi connectivity index (χ3v) is 4.82. The predicted octanol–water partition coefficient (Wildman–Crippen LogP) is 3.45. The van der Waals surface area contributed by atoms with Gasteiger partial charge in [-0.25, -0.2) is 4.98 Å². The minimum absolute atomic E-state index is 0.673. The summed E-state index contributed by atoms with van der Waals surface area (Å²) in [6, 6.07) is 0.673. The second kappa shape index (κ2) is 5.41. The lowest BCUT2D eigenvalue weighted by Crippen LogP contribution is -2.33. The molecule has 1 saturated carbocycles. The van der Waals surface area contributed by atoms with Crippen LogP contribution in [0.1, 0.15) is 44.7 Å². The molecule has 3 nitrogen and oxygen atoms in total. The lowest BCUT2D eigenvalue weighted by atomic mass is 9.97. The van der Waals surface area contributed by atoms with Gasteiger partial charge in [-0.3, -0.25) is 4.40 Å². The molecule has 18 heavy (non-hydrogen) atoms. The fourth-order valence-corrected chi connectivity index (χ4v) is 3.61. The van der Waals surface area contributed by atoms with Crippen molar-refractivity contribution in [1.82, 2.24) is 14.7 Å². The first-order chi connectivity index (χ1) is 8.83. The summed E-state index contributed by atoms with van der Waals surface area (Å²) in [5.41, 5.74) is 1.17. The van der Waals surface area contributed by atoms with Gasteiger partial charge in [0.05, 0.1) is 5.69 Å². The molecule has 98 valence electrons. The highest BCUT2D eigenvalue weighted by Crippen LogP contribution is 2.23. The van der Waals surface area contributed by atoms with Crippen molar-refractivity contribution >= 4 is 16.3 Å². The van der Waals surface area contributed by atoms with E-state index in [0.29, 0.717) is 6.04 Å². The fraction of sp³-hybridized carbons (Fsp3) is 0.643. The molecule has 1 N–H and O–H groups in total. The first-order valence-corrected chi connectivity index (χ1v) is 7.85. The van der Waals surface area contributed by atoms with Crippen LogP contribution in [-0.2, 0) is 6.54 Å². The summed E-state index contributed by atoms with van der Waals surface area (Å²) in [5.74, 6) is 0.802. The van der Waals surface area contributed by atoms with Crippen LogP contribution in [0.25, 0.3) is 4.96 Å². The van der Waals surface area contributed by atoms with Crippen molar-refractivity contribution in [2.45, 2.75) is 51.6 Å². The second-order valence-corrected chi connectivity index (χ2v) is 6.30. The van der Waals surface area contributed by atoms with Crippen LogP contribution in [-0.4, -0.2) is 15.4 Å². The van der Waals surface area contributed by atoms with E-state index in [9.17, 15) is 0 Å². The molecule has 0 radical (unpaired) electrons. The van der Waals surface area contributed by atoms with Gasteiger partial charge in [-0.2, -0.15) is 0 Å². The van der Waals surface area contributed by atoms with Crippen molar-refractivity contribution in [2.75, 3.05) is 0 Å². The van der Waals surface area contributed by atoms with Gasteiger partial charge >= 0.3 is 0 Å². The summed E-state index contributed by atoms with van der Waals surface area (Å²) in [6.07, 6.45) is 11.1. The van der Waals surface area contributed by atoms with E-state index >= 15 is 0 Å². The molecular weight excluding hydrogens is 242 g/mol. The van der Waals surface area contributed by atoms with E-state index in [1.165, 1.54) is 37.8 Å². The number of nitrogens with zero attached hydrogens (tertiary/aromatic N) is 2. The monoisotopic (exact) mass is 263 g/mol. The van der Waals surface area contributed by atoms with Crippen LogP contribution in [0.4, 0.5) is 0 Å². The van der Waals surface area contributed by atoms with Gasteiger partial charge in [0.25, 0.3) is 0 Å². The van der Waals surface area contributed by atoms with Crippen molar-refractivity contribution in [3.05, 3.63) is 23.5 Å². The summed E-state index contributed by atoms with van der Waals surface area (Å²) in [4.78, 5) is 5.72. The largest absolute Gasteiger partial charge is 0.308 e. The van der Waals surface area contributed by atoms with Crippen LogP contribution < -0.4 is 5.32 Å². The Kier molecular flexibility index (Phi) is 3.66. The zero-order chi connectivity index (χ0) is 12.4. The average molecular weight is 263 g/mol. The zero-order valence-electron chi connectivity index (χ0n) is 10.9. The Bertz CT molecular complexity index is 473. The maximum atomic E-state index is 4.62. The molecule has 1 aliphatic carbocycles. The number of nitrogens with one attached hydrogen (secondary N) is 1. The minimum atomic E-state index is 0.673. The van der Waals surface area contributed by atoms with Crippen molar-refractivity contribution < 1.29 is 0 Å². The van der Waals surface area contributed by atoms with E-state index in [0.717, 1.165) is 17.4 Å². The molecule has 1 aliphatic rings. The Hall–Kier alpha value is -0.870. The van der Waals surface area contributed by atoms with E-state index in [2.05, 4.69) is 39.4 Å². The Balaban J connectivity index is 1.61. The van der Waals surface area contributed by atoms with Gasteiger partial charge in [-0.05, 0) is 18.8 Å². The fourth-order valence-electron chi connectivity index (χ4n) is 2.89. The molecule has 0 saturated heterocycles. The maximum Gasteiger partial charge on any atom is 0.193 e. The Morgan fingerprint density at radius 2 is 2.28 bits per heavy atom. The standard InChI is InChI=1S/C14H21N3S/c1-11-5-3-2-4-6-13(11)15-9-12-10-17-7-8-18-14(17)16-12/h7-8,10-11,13,15H,2-6,9H2,1H3. The van der Waals surface area contributed by atoms with Crippen LogP contribution >= 0.6 is 11.3 Å². The molecule has 2 heterocycles. The molecule has 1 fully saturated rings. The van der Waals surface area contributed by atoms with Crippen LogP contribution in [0.15, 0.2) is 17.8 Å². The summed E-state index contributed by atoms with van der Waals surface area (Å²) in [5, 5.41) is 5.78. The maximum absolute atomic E-state index is 4.62. The van der Waals surface area contributed by atoms with Gasteiger partial charge in [0.1, 0.15) is 0 Å². The summed E-state index contributed by atoms with van der Waals surface area (Å²) in [6.45, 7) is 3.29. The summed E-state index contributed by atoms with van der Waals surface area (Å²) >= 11 is 1.70. The zero-order valence-corrected chi connectivity index (χ0v) is 11.7. The van der Waals surface area contributed by atoms with Crippen molar-refractivity contribution in [3.63, 3.8) is 0 Å². The third-order valence-electron chi connectivity index (χ3n) is 4.05. The van der Waals surface area contributed by atoms with Gasteiger partial charge in [-0.1, -0.05) is 26.2 Å². The van der Waals surface area contributed by atoms with E-state index in [1.54, 1.807) is 11.3 Å². The van der Waals surface area contributed by atoms with E-state index in [-0.39, 0.29) is 0 Å². The van der Waals surface area contributed by atoms with Crippen LogP contribution in [0.5, 0.6) is 0 Å². The topological polar surface area (TPSA) is 29.3 Å². The molecule has 0 aromatic carbocycles. The normalized spacial score (nSPS) is 25.4. The van der Waals surface area contributed by atoms with Crippen LogP contribution in [0.3, 0.4) is 0 Å². The van der Waals surface area contributed by atoms with Gasteiger partial charge < -0.3 is 5.32 Å². The SMILES string of the molecule is CC1CCCCCC1NCc1cn2ccsc2n1. The Labute approximate surface area is 112 Å². The minimum Gasteiger partial charge on any atom is -0.308 e. The number of hydrogen-bond donors (Lipinski definition) is 1. The van der Waals surface area contributed by atoms with E-state index in [4.69, 9.17) is 0 Å². The summed E-state index contributed by atoms with van der Waals surface area (Å²) in [7, 11) is 0. The molecule has 4 heteroatoms. The van der Waals surface area contributed by atoms with Gasteiger partial charge in [0.2, 0.25) is 0 Å². The molecule has 2 unspecified atom stereocenters. The predicted molar refractivity (Wildman–Crippen MR) is 75.9 cm³/mol. The number of aromatic nitrogens is 2. The number of hydrogen-bond acceptors (Lipinski definition) is 3. The summed E-state index contributed by atoms with van der Waals surface area (Å²) < 4.78 is 2.11. The van der Waals surface area contributed by atoms with E-state index < -0.39 is 0 Å². The highest BCUT2D eigenvalue weighted by molar-refractivity contribution is 7.15. The van der Waals surface area contributed by atoms with Gasteiger partial charge in [0, 0.05) is 30.4 Å². The highest BCUT2D eigenvalue weighted by Gasteiger charge is 2.19. The molecule has 0 aliphatic heterocycles. The van der Waals surface area contributed by atoms with Crippen LogP contribution in [0.2, 0.25) is 0 Å². The number of rotatable bonds is 3. The van der Waals surface area contributed by atoms with Crippen molar-refractivity contribution in [1.29, 1.82) is 0 Å².